The van der Waals surface area contributed by atoms with Crippen LogP contribution in [0, 0.1) is 10.8 Å². The number of ether oxygens (including phenoxy) is 2. The van der Waals surface area contributed by atoms with Crippen molar-refractivity contribution >= 4 is 23.4 Å². The zero-order valence-electron chi connectivity index (χ0n) is 17.2. The summed E-state index contributed by atoms with van der Waals surface area (Å²) in [5.74, 6) is -1.12. The molecule has 2 aliphatic heterocycles. The second-order valence-corrected chi connectivity index (χ2v) is 8.49. The molecule has 0 aromatic heterocycles. The topological polar surface area (TPSA) is 108 Å². The lowest BCUT2D eigenvalue weighted by atomic mass is 9.64. The van der Waals surface area contributed by atoms with Crippen molar-refractivity contribution in [3.8, 4) is 0 Å². The molecule has 4 rings (SSSR count). The maximum atomic E-state index is 13.5. The van der Waals surface area contributed by atoms with Crippen LogP contribution in [0.2, 0.25) is 0 Å². The first kappa shape index (κ1) is 19.9. The van der Waals surface area contributed by atoms with Gasteiger partial charge in [0.1, 0.15) is 11.2 Å². The van der Waals surface area contributed by atoms with Gasteiger partial charge in [0.25, 0.3) is 0 Å². The number of ketones is 1. The van der Waals surface area contributed by atoms with Crippen molar-refractivity contribution in [2.24, 2.45) is 16.6 Å². The number of nitrogens with one attached hydrogen (secondary N) is 1. The van der Waals surface area contributed by atoms with Crippen LogP contribution in [-0.2, 0) is 23.9 Å². The first-order chi connectivity index (χ1) is 14.2. The minimum atomic E-state index is -1.68. The lowest BCUT2D eigenvalue weighted by molar-refractivity contribution is -0.141. The van der Waals surface area contributed by atoms with E-state index < -0.39 is 17.3 Å². The van der Waals surface area contributed by atoms with Gasteiger partial charge in [0, 0.05) is 18.9 Å². The number of carbonyl (C=O) groups is 3. The average molecular weight is 408 g/mol. The van der Waals surface area contributed by atoms with Crippen LogP contribution in [0.4, 0.5) is 0 Å². The van der Waals surface area contributed by atoms with E-state index in [0.717, 1.165) is 0 Å². The van der Waals surface area contributed by atoms with E-state index in [1.54, 1.807) is 31.2 Å². The smallest absolute Gasteiger partial charge is 0.337 e. The van der Waals surface area contributed by atoms with Gasteiger partial charge in [0.2, 0.25) is 5.91 Å². The summed E-state index contributed by atoms with van der Waals surface area (Å²) in [7, 11) is 0. The molecule has 7 heteroatoms. The Morgan fingerprint density at radius 2 is 1.90 bits per heavy atom. The number of amides is 1. The molecule has 1 atom stereocenters. The van der Waals surface area contributed by atoms with Crippen molar-refractivity contribution in [1.29, 1.82) is 0 Å². The molecule has 3 N–H and O–H groups in total. The highest BCUT2D eigenvalue weighted by Crippen LogP contribution is 2.54. The van der Waals surface area contributed by atoms with E-state index in [1.807, 2.05) is 19.9 Å². The normalized spacial score (nSPS) is 25.0. The third-order valence-electron chi connectivity index (χ3n) is 5.61. The molecule has 0 fully saturated rings. The number of allylic oxidation sites excluding steroid dienone is 1. The molecule has 0 radical (unpaired) electrons. The van der Waals surface area contributed by atoms with Crippen LogP contribution in [0.25, 0.3) is 5.70 Å². The molecule has 0 saturated heterocycles. The fourth-order valence-corrected chi connectivity index (χ4v) is 4.50. The number of rotatable bonds is 3. The van der Waals surface area contributed by atoms with Gasteiger partial charge >= 0.3 is 5.97 Å². The maximum absolute atomic E-state index is 13.5. The minimum absolute atomic E-state index is 0.0227. The van der Waals surface area contributed by atoms with Crippen molar-refractivity contribution < 1.29 is 23.9 Å². The first-order valence-corrected chi connectivity index (χ1v) is 9.91. The Labute approximate surface area is 174 Å². The molecule has 1 spiro atoms. The van der Waals surface area contributed by atoms with Crippen LogP contribution in [0.5, 0.6) is 0 Å². The molecule has 1 aromatic carbocycles. The van der Waals surface area contributed by atoms with Crippen molar-refractivity contribution in [2.75, 3.05) is 6.61 Å². The van der Waals surface area contributed by atoms with E-state index in [1.165, 1.54) is 6.08 Å². The highest BCUT2D eigenvalue weighted by atomic mass is 16.5. The molecule has 1 aliphatic carbocycles. The van der Waals surface area contributed by atoms with Gasteiger partial charge < -0.3 is 20.5 Å². The molecule has 7 nitrogen and oxygen atoms in total. The van der Waals surface area contributed by atoms with Crippen molar-refractivity contribution in [2.45, 2.75) is 33.6 Å². The monoisotopic (exact) mass is 408 g/mol. The Morgan fingerprint density at radius 3 is 2.57 bits per heavy atom. The lowest BCUT2D eigenvalue weighted by Crippen LogP contribution is -2.45. The number of Topliss-reactive ketones (excluding diaryl/α,β-unsaturated/α-hetero) is 1. The molecule has 3 aliphatic rings. The Kier molecular flexibility index (Phi) is 4.56. The Bertz CT molecular complexity index is 1050. The molecule has 0 bridgehead atoms. The third kappa shape index (κ3) is 2.93. The Hall–Kier alpha value is -3.35. The summed E-state index contributed by atoms with van der Waals surface area (Å²) >= 11 is 0. The van der Waals surface area contributed by atoms with Crippen LogP contribution in [0.3, 0.4) is 0 Å². The highest BCUT2D eigenvalue weighted by Gasteiger charge is 2.60. The van der Waals surface area contributed by atoms with Crippen LogP contribution in [0.15, 0.2) is 59.2 Å². The second-order valence-electron chi connectivity index (χ2n) is 8.49. The molecule has 2 heterocycles. The molecule has 30 heavy (non-hydrogen) atoms. The van der Waals surface area contributed by atoms with Gasteiger partial charge in [-0.3, -0.25) is 9.59 Å². The quantitative estimate of drug-likeness (QED) is 0.745. The minimum Gasteiger partial charge on any atom is -0.463 e. The van der Waals surface area contributed by atoms with E-state index >= 15 is 0 Å². The predicted molar refractivity (Wildman–Crippen MR) is 109 cm³/mol. The first-order valence-electron chi connectivity index (χ1n) is 9.91. The molecule has 156 valence electrons. The zero-order valence-corrected chi connectivity index (χ0v) is 17.2. The number of hydrogen-bond donors (Lipinski definition) is 2. The highest BCUT2D eigenvalue weighted by molar-refractivity contribution is 6.20. The second kappa shape index (κ2) is 6.86. The van der Waals surface area contributed by atoms with E-state index in [2.05, 4.69) is 5.32 Å². The molecule has 1 unspecified atom stereocenters. The van der Waals surface area contributed by atoms with Crippen molar-refractivity contribution in [1.82, 2.24) is 5.32 Å². The average Bonchev–Trinajstić information content (AvgIpc) is 2.93. The van der Waals surface area contributed by atoms with Crippen LogP contribution in [-0.4, -0.2) is 24.3 Å². The molecular formula is C23H24N2O5. The van der Waals surface area contributed by atoms with Gasteiger partial charge in [-0.1, -0.05) is 44.2 Å². The van der Waals surface area contributed by atoms with Gasteiger partial charge in [-0.05, 0) is 17.9 Å². The standard InChI is InChI=1S/C23H24N2O5/c1-4-29-20(27)18-19(13-8-6-5-7-9-13)25-21(28)23(18)12-16(24)30-15-11-22(2,3)10-14(26)17(15)23/h5-9,12H,4,10-11,24H2,1-3H3,(H,25,28). The summed E-state index contributed by atoms with van der Waals surface area (Å²) in [6.07, 6.45) is 2.02. The van der Waals surface area contributed by atoms with Crippen molar-refractivity contribution in [3.63, 3.8) is 0 Å². The number of fused-ring (bicyclic) bond motifs is 1. The van der Waals surface area contributed by atoms with Gasteiger partial charge in [-0.25, -0.2) is 4.79 Å². The summed E-state index contributed by atoms with van der Waals surface area (Å²) in [6.45, 7) is 5.71. The van der Waals surface area contributed by atoms with E-state index in [0.29, 0.717) is 23.4 Å². The van der Waals surface area contributed by atoms with Crippen molar-refractivity contribution in [3.05, 3.63) is 64.8 Å². The maximum Gasteiger partial charge on any atom is 0.337 e. The lowest BCUT2D eigenvalue weighted by Gasteiger charge is -2.39. The number of hydrogen-bond acceptors (Lipinski definition) is 6. The Balaban J connectivity index is 2.02. The molecule has 1 amide bonds. The summed E-state index contributed by atoms with van der Waals surface area (Å²) in [5, 5.41) is 2.81. The van der Waals surface area contributed by atoms with Gasteiger partial charge in [-0.15, -0.1) is 0 Å². The third-order valence-corrected chi connectivity index (χ3v) is 5.61. The van der Waals surface area contributed by atoms with Crippen LogP contribution >= 0.6 is 0 Å². The summed E-state index contributed by atoms with van der Waals surface area (Å²) < 4.78 is 11.0. The van der Waals surface area contributed by atoms with Gasteiger partial charge in [0.15, 0.2) is 11.7 Å². The van der Waals surface area contributed by atoms with E-state index in [9.17, 15) is 14.4 Å². The summed E-state index contributed by atoms with van der Waals surface area (Å²) in [6, 6.07) is 8.99. The summed E-state index contributed by atoms with van der Waals surface area (Å²) in [4.78, 5) is 39.9. The number of carbonyl (C=O) groups excluding carboxylic acids is 3. The zero-order chi connectivity index (χ0) is 21.7. The number of nitrogens with two attached hydrogens (primary N) is 1. The SMILES string of the molecule is CCOC(=O)C1=C(c2ccccc2)NC(=O)C12C=C(N)OC1=C2C(=O)CC(C)(C)C1. The largest absolute Gasteiger partial charge is 0.463 e. The van der Waals surface area contributed by atoms with Crippen LogP contribution < -0.4 is 11.1 Å². The fourth-order valence-electron chi connectivity index (χ4n) is 4.50. The number of esters is 1. The van der Waals surface area contributed by atoms with E-state index in [4.69, 9.17) is 15.2 Å². The molecular weight excluding hydrogens is 384 g/mol. The van der Waals surface area contributed by atoms with Gasteiger partial charge in [-0.2, -0.15) is 0 Å². The predicted octanol–water partition coefficient (Wildman–Crippen LogP) is 2.55. The van der Waals surface area contributed by atoms with Crippen LogP contribution in [0.1, 0.15) is 39.2 Å². The number of benzene rings is 1. The summed E-state index contributed by atoms with van der Waals surface area (Å²) in [5.41, 5.74) is 5.21. The van der Waals surface area contributed by atoms with Gasteiger partial charge in [0.05, 0.1) is 23.5 Å². The molecule has 0 saturated carbocycles. The molecule has 1 aromatic rings. The fraction of sp³-hybridized carbons (Fsp3) is 0.348. The Morgan fingerprint density at radius 1 is 1.20 bits per heavy atom. The van der Waals surface area contributed by atoms with E-state index in [-0.39, 0.29) is 41.3 Å².